The monoisotopic (exact) mass is 190 g/mol. The van der Waals surface area contributed by atoms with Crippen LogP contribution in [0.15, 0.2) is 24.3 Å². The van der Waals surface area contributed by atoms with Gasteiger partial charge in [-0.15, -0.1) is 0 Å². The van der Waals surface area contributed by atoms with Crippen LogP contribution in [0.3, 0.4) is 0 Å². The number of benzene rings is 1. The molecule has 0 aliphatic carbocycles. The average Bonchev–Trinajstić information content (AvgIpc) is 2.36. The molecule has 1 aliphatic heterocycles. The zero-order valence-electron chi connectivity index (χ0n) is 8.29. The predicted molar refractivity (Wildman–Crippen MR) is 56.4 cm³/mol. The predicted octanol–water partition coefficient (Wildman–Crippen LogP) is 2.10. The summed E-state index contributed by atoms with van der Waals surface area (Å²) in [6, 6.07) is 7.98. The van der Waals surface area contributed by atoms with Gasteiger partial charge in [-0.05, 0) is 25.0 Å². The van der Waals surface area contributed by atoms with Crippen molar-refractivity contribution in [1.82, 2.24) is 4.90 Å². The first-order chi connectivity index (χ1) is 6.81. The van der Waals surface area contributed by atoms with E-state index in [2.05, 4.69) is 11.4 Å². The van der Waals surface area contributed by atoms with Crippen LogP contribution >= 0.6 is 0 Å². The van der Waals surface area contributed by atoms with E-state index in [4.69, 9.17) is 0 Å². The molecule has 3 heteroatoms. The van der Waals surface area contributed by atoms with Gasteiger partial charge in [0.2, 0.25) is 0 Å². The van der Waals surface area contributed by atoms with Crippen molar-refractivity contribution in [3.63, 3.8) is 0 Å². The molecule has 1 aromatic rings. The van der Waals surface area contributed by atoms with Gasteiger partial charge in [-0.1, -0.05) is 18.2 Å². The topological polar surface area (TPSA) is 32.3 Å². The molecule has 0 spiro atoms. The van der Waals surface area contributed by atoms with Crippen molar-refractivity contribution in [2.45, 2.75) is 13.3 Å². The molecule has 2 rings (SSSR count). The van der Waals surface area contributed by atoms with Gasteiger partial charge in [0.05, 0.1) is 0 Å². The molecule has 0 saturated carbocycles. The third kappa shape index (κ3) is 1.58. The zero-order valence-corrected chi connectivity index (χ0v) is 8.29. The number of urea groups is 1. The van der Waals surface area contributed by atoms with Crippen LogP contribution < -0.4 is 5.32 Å². The minimum atomic E-state index is 0.0115. The first kappa shape index (κ1) is 9.06. The van der Waals surface area contributed by atoms with Crippen molar-refractivity contribution in [2.24, 2.45) is 0 Å². The van der Waals surface area contributed by atoms with Crippen LogP contribution in [0.25, 0.3) is 0 Å². The fourth-order valence-electron chi connectivity index (χ4n) is 1.71. The molecule has 2 amide bonds. The number of para-hydroxylation sites is 1. The van der Waals surface area contributed by atoms with Gasteiger partial charge in [0.15, 0.2) is 0 Å². The lowest BCUT2D eigenvalue weighted by molar-refractivity contribution is 0.216. The number of nitrogens with one attached hydrogen (secondary N) is 1. The maximum atomic E-state index is 11.6. The summed E-state index contributed by atoms with van der Waals surface area (Å²) in [7, 11) is 0. The molecule has 0 fully saturated rings. The Bertz CT molecular complexity index is 349. The Balaban J connectivity index is 2.28. The third-order valence-electron chi connectivity index (χ3n) is 2.58. The number of carbonyl (C=O) groups is 1. The lowest BCUT2D eigenvalue weighted by atomic mass is 10.1. The van der Waals surface area contributed by atoms with Crippen molar-refractivity contribution in [1.29, 1.82) is 0 Å². The molecule has 0 saturated heterocycles. The van der Waals surface area contributed by atoms with E-state index in [0.717, 1.165) is 25.2 Å². The number of hydrogen-bond acceptors (Lipinski definition) is 1. The highest BCUT2D eigenvalue weighted by Gasteiger charge is 2.17. The molecule has 74 valence electrons. The van der Waals surface area contributed by atoms with Crippen molar-refractivity contribution in [3.05, 3.63) is 29.8 Å². The summed E-state index contributed by atoms with van der Waals surface area (Å²) in [4.78, 5) is 13.4. The number of amides is 2. The molecular weight excluding hydrogens is 176 g/mol. The van der Waals surface area contributed by atoms with Crippen molar-refractivity contribution >= 4 is 11.7 Å². The Kier molecular flexibility index (Phi) is 2.39. The maximum Gasteiger partial charge on any atom is 0.321 e. The number of carbonyl (C=O) groups excluding carboxylic acids is 1. The van der Waals surface area contributed by atoms with Crippen LogP contribution in [-0.4, -0.2) is 24.0 Å². The Morgan fingerprint density at radius 3 is 3.00 bits per heavy atom. The van der Waals surface area contributed by atoms with E-state index in [0.29, 0.717) is 0 Å². The number of nitrogens with zero attached hydrogens (tertiary/aromatic N) is 1. The molecular formula is C11H14N2O. The first-order valence-electron chi connectivity index (χ1n) is 4.95. The average molecular weight is 190 g/mol. The normalized spacial score (nSPS) is 15.8. The van der Waals surface area contributed by atoms with Gasteiger partial charge in [-0.3, -0.25) is 0 Å². The number of fused-ring (bicyclic) bond motifs is 1. The van der Waals surface area contributed by atoms with Gasteiger partial charge in [0, 0.05) is 18.8 Å². The van der Waals surface area contributed by atoms with Gasteiger partial charge in [-0.2, -0.15) is 0 Å². The van der Waals surface area contributed by atoms with E-state index < -0.39 is 0 Å². The summed E-state index contributed by atoms with van der Waals surface area (Å²) in [5.41, 5.74) is 2.17. The van der Waals surface area contributed by atoms with Gasteiger partial charge in [0.25, 0.3) is 0 Å². The largest absolute Gasteiger partial charge is 0.324 e. The van der Waals surface area contributed by atoms with E-state index >= 15 is 0 Å². The van der Waals surface area contributed by atoms with E-state index in [1.807, 2.05) is 30.0 Å². The molecule has 1 aliphatic rings. The molecule has 3 nitrogen and oxygen atoms in total. The number of rotatable bonds is 1. The van der Waals surface area contributed by atoms with Crippen LogP contribution in [0.5, 0.6) is 0 Å². The van der Waals surface area contributed by atoms with Gasteiger partial charge >= 0.3 is 6.03 Å². The summed E-state index contributed by atoms with van der Waals surface area (Å²) < 4.78 is 0. The van der Waals surface area contributed by atoms with Crippen molar-refractivity contribution in [3.8, 4) is 0 Å². The quantitative estimate of drug-likeness (QED) is 0.722. The number of hydrogen-bond donors (Lipinski definition) is 1. The Hall–Kier alpha value is -1.51. The Labute approximate surface area is 83.7 Å². The molecule has 0 atom stereocenters. The van der Waals surface area contributed by atoms with Crippen LogP contribution in [0.1, 0.15) is 12.5 Å². The summed E-state index contributed by atoms with van der Waals surface area (Å²) in [5.74, 6) is 0. The summed E-state index contributed by atoms with van der Waals surface area (Å²) >= 11 is 0. The summed E-state index contributed by atoms with van der Waals surface area (Å²) in [6.07, 6.45) is 0.933. The highest BCUT2D eigenvalue weighted by Crippen LogP contribution is 2.19. The fraction of sp³-hybridized carbons (Fsp3) is 0.364. The molecule has 1 aromatic carbocycles. The van der Waals surface area contributed by atoms with Gasteiger partial charge < -0.3 is 10.2 Å². The molecule has 0 aromatic heterocycles. The Morgan fingerprint density at radius 2 is 2.21 bits per heavy atom. The van der Waals surface area contributed by atoms with Gasteiger partial charge in [-0.25, -0.2) is 4.79 Å². The second kappa shape index (κ2) is 3.70. The number of anilines is 1. The minimum absolute atomic E-state index is 0.0115. The van der Waals surface area contributed by atoms with Crippen LogP contribution in [-0.2, 0) is 6.42 Å². The molecule has 14 heavy (non-hydrogen) atoms. The SMILES string of the molecule is CCN1CCc2ccccc2NC1=O. The summed E-state index contributed by atoms with van der Waals surface area (Å²) in [6.45, 7) is 3.56. The maximum absolute atomic E-state index is 11.6. The minimum Gasteiger partial charge on any atom is -0.324 e. The first-order valence-corrected chi connectivity index (χ1v) is 4.95. The third-order valence-corrected chi connectivity index (χ3v) is 2.58. The second-order valence-electron chi connectivity index (χ2n) is 3.42. The second-order valence-corrected chi connectivity index (χ2v) is 3.42. The molecule has 1 heterocycles. The molecule has 0 unspecified atom stereocenters. The molecule has 0 radical (unpaired) electrons. The smallest absolute Gasteiger partial charge is 0.321 e. The van der Waals surface area contributed by atoms with Crippen LogP contribution in [0, 0.1) is 0 Å². The van der Waals surface area contributed by atoms with E-state index in [9.17, 15) is 4.79 Å². The Morgan fingerprint density at radius 1 is 1.43 bits per heavy atom. The lowest BCUT2D eigenvalue weighted by Crippen LogP contribution is -2.34. The van der Waals surface area contributed by atoms with Crippen molar-refractivity contribution < 1.29 is 4.79 Å². The molecule has 1 N–H and O–H groups in total. The van der Waals surface area contributed by atoms with Crippen LogP contribution in [0.2, 0.25) is 0 Å². The van der Waals surface area contributed by atoms with E-state index in [-0.39, 0.29) is 6.03 Å². The zero-order chi connectivity index (χ0) is 9.97. The van der Waals surface area contributed by atoms with Crippen molar-refractivity contribution in [2.75, 3.05) is 18.4 Å². The molecule has 0 bridgehead atoms. The standard InChI is InChI=1S/C11H14N2O/c1-2-13-8-7-9-5-3-4-6-10(9)12-11(13)14/h3-6H,2,7-8H2,1H3,(H,12,14). The van der Waals surface area contributed by atoms with E-state index in [1.54, 1.807) is 0 Å². The fourth-order valence-corrected chi connectivity index (χ4v) is 1.71. The van der Waals surface area contributed by atoms with Gasteiger partial charge in [0.1, 0.15) is 0 Å². The number of likely N-dealkylation sites (N-methyl/N-ethyl adjacent to an activating group) is 1. The van der Waals surface area contributed by atoms with Crippen LogP contribution in [0.4, 0.5) is 10.5 Å². The lowest BCUT2D eigenvalue weighted by Gasteiger charge is -2.17. The van der Waals surface area contributed by atoms with E-state index in [1.165, 1.54) is 5.56 Å². The highest BCUT2D eigenvalue weighted by atomic mass is 16.2. The summed E-state index contributed by atoms with van der Waals surface area (Å²) in [5, 5.41) is 2.91. The highest BCUT2D eigenvalue weighted by molar-refractivity contribution is 5.90.